The fourth-order valence-corrected chi connectivity index (χ4v) is 3.82. The van der Waals surface area contributed by atoms with Crippen molar-refractivity contribution in [3.8, 4) is 11.5 Å². The molecule has 0 saturated heterocycles. The SMILES string of the molecule is COc1cc(C=NNC(=O)c2cccc(NC(=O)c3ccc(Br)cc3)c2)ccc1OC(=O)c1cccc(C)c1. The van der Waals surface area contributed by atoms with Gasteiger partial charge in [-0.15, -0.1) is 0 Å². The zero-order valence-corrected chi connectivity index (χ0v) is 22.7. The van der Waals surface area contributed by atoms with E-state index < -0.39 is 11.9 Å². The molecule has 0 radical (unpaired) electrons. The van der Waals surface area contributed by atoms with Gasteiger partial charge in [-0.25, -0.2) is 10.2 Å². The van der Waals surface area contributed by atoms with E-state index in [2.05, 4.69) is 31.8 Å². The highest BCUT2D eigenvalue weighted by molar-refractivity contribution is 9.10. The maximum atomic E-state index is 12.6. The molecule has 0 atom stereocenters. The number of carbonyl (C=O) groups is 3. The van der Waals surface area contributed by atoms with E-state index in [1.807, 2.05) is 13.0 Å². The van der Waals surface area contributed by atoms with Crippen molar-refractivity contribution in [1.29, 1.82) is 0 Å². The predicted molar refractivity (Wildman–Crippen MR) is 153 cm³/mol. The van der Waals surface area contributed by atoms with Crippen LogP contribution in [-0.4, -0.2) is 31.1 Å². The second-order valence-corrected chi connectivity index (χ2v) is 9.33. The fraction of sp³-hybridized carbons (Fsp3) is 0.0667. The lowest BCUT2D eigenvalue weighted by Crippen LogP contribution is -2.18. The van der Waals surface area contributed by atoms with Crippen LogP contribution in [0.2, 0.25) is 0 Å². The number of hydrazone groups is 1. The van der Waals surface area contributed by atoms with E-state index in [1.54, 1.807) is 84.9 Å². The summed E-state index contributed by atoms with van der Waals surface area (Å²) in [4.78, 5) is 37.6. The van der Waals surface area contributed by atoms with E-state index in [0.717, 1.165) is 10.0 Å². The number of ether oxygens (including phenoxy) is 2. The summed E-state index contributed by atoms with van der Waals surface area (Å²) < 4.78 is 11.7. The van der Waals surface area contributed by atoms with Crippen LogP contribution < -0.4 is 20.2 Å². The Morgan fingerprint density at radius 1 is 0.795 bits per heavy atom. The Balaban J connectivity index is 1.37. The number of benzene rings is 4. The molecular weight excluding hydrogens is 562 g/mol. The molecule has 9 heteroatoms. The van der Waals surface area contributed by atoms with E-state index in [9.17, 15) is 14.4 Å². The van der Waals surface area contributed by atoms with E-state index in [1.165, 1.54) is 13.3 Å². The molecule has 4 aromatic carbocycles. The summed E-state index contributed by atoms with van der Waals surface area (Å²) >= 11 is 3.34. The van der Waals surface area contributed by atoms with Crippen LogP contribution in [-0.2, 0) is 0 Å². The molecule has 0 aromatic heterocycles. The van der Waals surface area contributed by atoms with Crippen LogP contribution in [0.5, 0.6) is 11.5 Å². The second-order valence-electron chi connectivity index (χ2n) is 8.41. The third-order valence-electron chi connectivity index (χ3n) is 5.51. The normalized spacial score (nSPS) is 10.6. The van der Waals surface area contributed by atoms with Gasteiger partial charge in [0.05, 0.1) is 18.9 Å². The van der Waals surface area contributed by atoms with Crippen molar-refractivity contribution in [2.24, 2.45) is 5.10 Å². The van der Waals surface area contributed by atoms with Crippen molar-refractivity contribution < 1.29 is 23.9 Å². The molecule has 4 aromatic rings. The molecule has 0 bridgehead atoms. The highest BCUT2D eigenvalue weighted by atomic mass is 79.9. The average molecular weight is 586 g/mol. The minimum atomic E-state index is -0.499. The Bertz CT molecular complexity index is 1550. The number of nitrogens with one attached hydrogen (secondary N) is 2. The summed E-state index contributed by atoms with van der Waals surface area (Å²) in [6, 6.07) is 25.5. The monoisotopic (exact) mass is 585 g/mol. The summed E-state index contributed by atoms with van der Waals surface area (Å²) in [5.74, 6) is -0.657. The molecule has 2 amide bonds. The minimum Gasteiger partial charge on any atom is -0.493 e. The van der Waals surface area contributed by atoms with Crippen LogP contribution in [0.15, 0.2) is 101 Å². The lowest BCUT2D eigenvalue weighted by molar-refractivity contribution is 0.0729. The first kappa shape index (κ1) is 27.3. The van der Waals surface area contributed by atoms with Crippen molar-refractivity contribution in [3.63, 3.8) is 0 Å². The van der Waals surface area contributed by atoms with Gasteiger partial charge in [0.2, 0.25) is 0 Å². The third kappa shape index (κ3) is 7.39. The number of esters is 1. The molecule has 0 heterocycles. The zero-order chi connectivity index (χ0) is 27.8. The molecule has 196 valence electrons. The predicted octanol–water partition coefficient (Wildman–Crippen LogP) is 6.00. The van der Waals surface area contributed by atoms with E-state index in [0.29, 0.717) is 33.7 Å². The zero-order valence-electron chi connectivity index (χ0n) is 21.1. The number of hydrogen-bond donors (Lipinski definition) is 2. The lowest BCUT2D eigenvalue weighted by Gasteiger charge is -2.10. The molecule has 0 aliphatic heterocycles. The molecule has 0 aliphatic carbocycles. The quantitative estimate of drug-likeness (QED) is 0.114. The van der Waals surface area contributed by atoms with Crippen LogP contribution in [0, 0.1) is 6.92 Å². The Labute approximate surface area is 233 Å². The van der Waals surface area contributed by atoms with Crippen LogP contribution in [0.1, 0.15) is 42.2 Å². The van der Waals surface area contributed by atoms with Crippen molar-refractivity contribution >= 4 is 45.6 Å². The van der Waals surface area contributed by atoms with E-state index in [-0.39, 0.29) is 11.7 Å². The van der Waals surface area contributed by atoms with Crippen molar-refractivity contribution in [3.05, 3.63) is 123 Å². The first-order valence-electron chi connectivity index (χ1n) is 11.8. The average Bonchev–Trinajstić information content (AvgIpc) is 2.94. The molecule has 0 fully saturated rings. The highest BCUT2D eigenvalue weighted by Crippen LogP contribution is 2.28. The maximum Gasteiger partial charge on any atom is 0.343 e. The fourth-order valence-electron chi connectivity index (χ4n) is 3.55. The molecule has 0 unspecified atom stereocenters. The van der Waals surface area contributed by atoms with Crippen LogP contribution in [0.4, 0.5) is 5.69 Å². The van der Waals surface area contributed by atoms with Gasteiger partial charge in [0.25, 0.3) is 11.8 Å². The number of hydrogen-bond acceptors (Lipinski definition) is 6. The smallest absolute Gasteiger partial charge is 0.343 e. The van der Waals surface area contributed by atoms with Crippen LogP contribution in [0.3, 0.4) is 0 Å². The van der Waals surface area contributed by atoms with Crippen LogP contribution >= 0.6 is 15.9 Å². The van der Waals surface area contributed by atoms with Gasteiger partial charge in [-0.1, -0.05) is 39.7 Å². The third-order valence-corrected chi connectivity index (χ3v) is 6.04. The number of nitrogens with zero attached hydrogens (tertiary/aromatic N) is 1. The second kappa shape index (κ2) is 12.7. The summed E-state index contributed by atoms with van der Waals surface area (Å²) in [7, 11) is 1.46. The Morgan fingerprint density at radius 3 is 2.28 bits per heavy atom. The standard InChI is InChI=1S/C30H24BrN3O5/c1-19-5-3-7-23(15-19)30(37)39-26-14-9-20(16-27(26)38-2)18-32-34-29(36)22-6-4-8-25(17-22)33-28(35)21-10-12-24(31)13-11-21/h3-18H,1-2H3,(H,33,35)(H,34,36). The summed E-state index contributed by atoms with van der Waals surface area (Å²) in [6.45, 7) is 1.89. The lowest BCUT2D eigenvalue weighted by atomic mass is 10.1. The van der Waals surface area contributed by atoms with Gasteiger partial charge in [-0.2, -0.15) is 5.10 Å². The van der Waals surface area contributed by atoms with Gasteiger partial charge < -0.3 is 14.8 Å². The van der Waals surface area contributed by atoms with Gasteiger partial charge >= 0.3 is 5.97 Å². The first-order valence-corrected chi connectivity index (χ1v) is 12.6. The molecule has 39 heavy (non-hydrogen) atoms. The number of carbonyl (C=O) groups excluding carboxylic acids is 3. The summed E-state index contributed by atoms with van der Waals surface area (Å²) in [6.07, 6.45) is 1.44. The molecule has 0 aliphatic rings. The summed E-state index contributed by atoms with van der Waals surface area (Å²) in [5.41, 5.74) is 5.73. The van der Waals surface area contributed by atoms with Gasteiger partial charge in [-0.3, -0.25) is 9.59 Å². The molecule has 4 rings (SSSR count). The van der Waals surface area contributed by atoms with Gasteiger partial charge in [0.1, 0.15) is 0 Å². The Hall–Kier alpha value is -4.76. The van der Waals surface area contributed by atoms with Gasteiger partial charge in [0, 0.05) is 21.3 Å². The largest absolute Gasteiger partial charge is 0.493 e. The van der Waals surface area contributed by atoms with Gasteiger partial charge in [0.15, 0.2) is 11.5 Å². The molecule has 0 spiro atoms. The maximum absolute atomic E-state index is 12.6. The number of methoxy groups -OCH3 is 1. The van der Waals surface area contributed by atoms with Gasteiger partial charge in [-0.05, 0) is 85.3 Å². The Kier molecular flexibility index (Phi) is 8.86. The molecular formula is C30H24BrN3O5. The number of anilines is 1. The van der Waals surface area contributed by atoms with E-state index in [4.69, 9.17) is 9.47 Å². The minimum absolute atomic E-state index is 0.257. The van der Waals surface area contributed by atoms with Crippen LogP contribution in [0.25, 0.3) is 0 Å². The Morgan fingerprint density at radius 2 is 1.54 bits per heavy atom. The first-order chi connectivity index (χ1) is 18.8. The summed E-state index contributed by atoms with van der Waals surface area (Å²) in [5, 5.41) is 6.78. The number of rotatable bonds is 8. The van der Waals surface area contributed by atoms with Crippen molar-refractivity contribution in [1.82, 2.24) is 5.43 Å². The molecule has 0 saturated carbocycles. The number of amides is 2. The van der Waals surface area contributed by atoms with Crippen molar-refractivity contribution in [2.45, 2.75) is 6.92 Å². The molecule has 8 nitrogen and oxygen atoms in total. The highest BCUT2D eigenvalue weighted by Gasteiger charge is 2.13. The number of halogens is 1. The topological polar surface area (TPSA) is 106 Å². The number of aryl methyl sites for hydroxylation is 1. The molecule has 2 N–H and O–H groups in total. The van der Waals surface area contributed by atoms with E-state index >= 15 is 0 Å². The van der Waals surface area contributed by atoms with Crippen molar-refractivity contribution in [2.75, 3.05) is 12.4 Å².